The molecule has 1 N–H and O–H groups in total. The number of benzene rings is 1. The highest BCUT2D eigenvalue weighted by molar-refractivity contribution is 8.00. The van der Waals surface area contributed by atoms with Gasteiger partial charge in [0.2, 0.25) is 5.91 Å². The van der Waals surface area contributed by atoms with E-state index < -0.39 is 4.92 Å². The van der Waals surface area contributed by atoms with Crippen LogP contribution in [0.3, 0.4) is 0 Å². The molecule has 0 spiro atoms. The quantitative estimate of drug-likeness (QED) is 0.436. The van der Waals surface area contributed by atoms with Crippen LogP contribution in [0.15, 0.2) is 29.2 Å². The van der Waals surface area contributed by atoms with Gasteiger partial charge >= 0.3 is 0 Å². The van der Waals surface area contributed by atoms with Crippen molar-refractivity contribution in [3.63, 3.8) is 0 Å². The number of nitro benzene ring substituents is 1. The van der Waals surface area contributed by atoms with E-state index in [1.165, 1.54) is 62.4 Å². The van der Waals surface area contributed by atoms with Crippen LogP contribution in [0.4, 0.5) is 5.69 Å². The van der Waals surface area contributed by atoms with Gasteiger partial charge in [0.25, 0.3) is 5.69 Å². The van der Waals surface area contributed by atoms with Gasteiger partial charge in [0.1, 0.15) is 0 Å². The Morgan fingerprint density at radius 2 is 1.69 bits per heavy atom. The Hall–Kier alpha value is -1.56. The fraction of sp³-hybridized carbons (Fsp3) is 0.650. The van der Waals surface area contributed by atoms with E-state index in [1.54, 1.807) is 12.1 Å². The van der Waals surface area contributed by atoms with Crippen LogP contribution in [-0.2, 0) is 4.79 Å². The maximum atomic E-state index is 12.1. The van der Waals surface area contributed by atoms with Crippen molar-refractivity contribution in [2.45, 2.75) is 49.8 Å². The summed E-state index contributed by atoms with van der Waals surface area (Å²) in [5.41, 5.74) is 0.586. The average Bonchev–Trinajstić information content (AvgIpc) is 2.59. The summed E-state index contributed by atoms with van der Waals surface area (Å²) in [4.78, 5) is 23.3. The Labute approximate surface area is 158 Å². The number of hydrogen-bond acceptors (Lipinski definition) is 4. The molecule has 4 bridgehead atoms. The summed E-state index contributed by atoms with van der Waals surface area (Å²) >= 11 is 1.42. The van der Waals surface area contributed by atoms with E-state index in [0.29, 0.717) is 11.2 Å². The molecule has 5 rings (SSSR count). The summed E-state index contributed by atoms with van der Waals surface area (Å²) < 4.78 is 0. The van der Waals surface area contributed by atoms with Crippen LogP contribution < -0.4 is 5.32 Å². The molecular weight excluding hydrogens is 348 g/mol. The zero-order valence-corrected chi connectivity index (χ0v) is 15.8. The molecule has 0 unspecified atom stereocenters. The number of carbonyl (C=O) groups excluding carboxylic acids is 1. The fourth-order valence-electron chi connectivity index (χ4n) is 5.93. The Bertz CT molecular complexity index is 654. The van der Waals surface area contributed by atoms with E-state index in [4.69, 9.17) is 0 Å². The van der Waals surface area contributed by atoms with Gasteiger partial charge < -0.3 is 5.32 Å². The SMILES string of the molecule is O=C(CSc1ccc([N+](=O)[O-])cc1)NCCC12CC3CC(CC(C3)C1)C2. The molecular formula is C20H26N2O3S. The number of rotatable bonds is 7. The van der Waals surface area contributed by atoms with Gasteiger partial charge in [-0.1, -0.05) is 0 Å². The van der Waals surface area contributed by atoms with E-state index in [-0.39, 0.29) is 11.6 Å². The minimum atomic E-state index is -0.411. The zero-order valence-electron chi connectivity index (χ0n) is 15.0. The zero-order chi connectivity index (χ0) is 18.1. The van der Waals surface area contributed by atoms with Crippen molar-refractivity contribution < 1.29 is 9.72 Å². The number of thioether (sulfide) groups is 1. The first-order valence-electron chi connectivity index (χ1n) is 9.65. The molecule has 1 aromatic carbocycles. The van der Waals surface area contributed by atoms with Crippen LogP contribution in [0.25, 0.3) is 0 Å². The maximum Gasteiger partial charge on any atom is 0.269 e. The van der Waals surface area contributed by atoms with Crippen LogP contribution in [0.1, 0.15) is 44.9 Å². The molecule has 0 aromatic heterocycles. The van der Waals surface area contributed by atoms with Crippen LogP contribution in [-0.4, -0.2) is 23.1 Å². The van der Waals surface area contributed by atoms with Gasteiger partial charge in [-0.15, -0.1) is 11.8 Å². The van der Waals surface area contributed by atoms with E-state index in [1.807, 2.05) is 0 Å². The number of amides is 1. The molecule has 4 aliphatic rings. The standard InChI is InChI=1S/C20H26N2O3S/c23-19(13-26-18-3-1-17(2-4-18)22(24)25)21-6-5-20-10-14-7-15(11-20)9-16(8-14)12-20/h1-4,14-16H,5-13H2,(H,21,23). The van der Waals surface area contributed by atoms with E-state index in [0.717, 1.165) is 35.6 Å². The monoisotopic (exact) mass is 374 g/mol. The number of nitro groups is 1. The summed E-state index contributed by atoms with van der Waals surface area (Å²) in [6.07, 6.45) is 9.64. The first kappa shape index (κ1) is 17.8. The van der Waals surface area contributed by atoms with Gasteiger partial charge in [-0.25, -0.2) is 0 Å². The average molecular weight is 375 g/mol. The highest BCUT2D eigenvalue weighted by atomic mass is 32.2. The van der Waals surface area contributed by atoms with Crippen molar-refractivity contribution in [1.29, 1.82) is 0 Å². The summed E-state index contributed by atoms with van der Waals surface area (Å²) in [5.74, 6) is 3.27. The molecule has 0 aliphatic heterocycles. The van der Waals surface area contributed by atoms with Gasteiger partial charge in [0.15, 0.2) is 0 Å². The number of carbonyl (C=O) groups is 1. The van der Waals surface area contributed by atoms with E-state index in [2.05, 4.69) is 5.32 Å². The van der Waals surface area contributed by atoms with E-state index in [9.17, 15) is 14.9 Å². The predicted octanol–water partition coefficient (Wildman–Crippen LogP) is 4.41. The Morgan fingerprint density at radius 3 is 2.23 bits per heavy atom. The van der Waals surface area contributed by atoms with Gasteiger partial charge in [0.05, 0.1) is 10.7 Å². The highest BCUT2D eigenvalue weighted by Gasteiger charge is 2.50. The molecule has 1 aromatic rings. The lowest BCUT2D eigenvalue weighted by atomic mass is 9.49. The van der Waals surface area contributed by atoms with E-state index >= 15 is 0 Å². The highest BCUT2D eigenvalue weighted by Crippen LogP contribution is 2.61. The summed E-state index contributed by atoms with van der Waals surface area (Å²) in [7, 11) is 0. The first-order chi connectivity index (χ1) is 12.5. The predicted molar refractivity (Wildman–Crippen MR) is 102 cm³/mol. The first-order valence-corrected chi connectivity index (χ1v) is 10.6. The lowest BCUT2D eigenvalue weighted by Crippen LogP contribution is -2.47. The third-order valence-electron chi connectivity index (χ3n) is 6.56. The van der Waals surface area contributed by atoms with Crippen molar-refractivity contribution in [2.24, 2.45) is 23.2 Å². The molecule has 5 nitrogen and oxygen atoms in total. The Morgan fingerprint density at radius 1 is 1.12 bits per heavy atom. The molecule has 0 saturated heterocycles. The number of non-ortho nitro benzene ring substituents is 1. The Kier molecular flexibility index (Phi) is 4.95. The lowest BCUT2D eigenvalue weighted by Gasteiger charge is -2.57. The van der Waals surface area contributed by atoms with Crippen molar-refractivity contribution in [3.05, 3.63) is 34.4 Å². The largest absolute Gasteiger partial charge is 0.355 e. The van der Waals surface area contributed by atoms with Crippen molar-refractivity contribution in [3.8, 4) is 0 Å². The van der Waals surface area contributed by atoms with Gasteiger partial charge in [0, 0.05) is 23.6 Å². The molecule has 4 fully saturated rings. The smallest absolute Gasteiger partial charge is 0.269 e. The topological polar surface area (TPSA) is 72.2 Å². The van der Waals surface area contributed by atoms with Crippen molar-refractivity contribution >= 4 is 23.4 Å². The van der Waals surface area contributed by atoms with Crippen LogP contribution >= 0.6 is 11.8 Å². The number of nitrogens with one attached hydrogen (secondary N) is 1. The maximum absolute atomic E-state index is 12.1. The molecule has 140 valence electrons. The normalized spacial score (nSPS) is 31.8. The minimum absolute atomic E-state index is 0.0538. The van der Waals surface area contributed by atoms with Gasteiger partial charge in [-0.3, -0.25) is 14.9 Å². The molecule has 26 heavy (non-hydrogen) atoms. The summed E-state index contributed by atoms with van der Waals surface area (Å²) in [5, 5.41) is 13.7. The van der Waals surface area contributed by atoms with Crippen LogP contribution in [0, 0.1) is 33.3 Å². The summed E-state index contributed by atoms with van der Waals surface area (Å²) in [6.45, 7) is 0.784. The molecule has 4 saturated carbocycles. The number of nitrogens with zero attached hydrogens (tertiary/aromatic N) is 1. The molecule has 4 aliphatic carbocycles. The molecule has 0 radical (unpaired) electrons. The van der Waals surface area contributed by atoms with Crippen LogP contribution in [0.5, 0.6) is 0 Å². The fourth-order valence-corrected chi connectivity index (χ4v) is 6.66. The third-order valence-corrected chi connectivity index (χ3v) is 7.57. The van der Waals surface area contributed by atoms with Crippen LogP contribution in [0.2, 0.25) is 0 Å². The third kappa shape index (κ3) is 3.90. The second kappa shape index (κ2) is 7.22. The molecule has 1 amide bonds. The Balaban J connectivity index is 1.20. The van der Waals surface area contributed by atoms with Crippen molar-refractivity contribution in [2.75, 3.05) is 12.3 Å². The second-order valence-electron chi connectivity index (χ2n) is 8.56. The second-order valence-corrected chi connectivity index (χ2v) is 9.61. The van der Waals surface area contributed by atoms with Gasteiger partial charge in [-0.2, -0.15) is 0 Å². The van der Waals surface area contributed by atoms with Crippen molar-refractivity contribution in [1.82, 2.24) is 5.32 Å². The molecule has 0 heterocycles. The summed E-state index contributed by atoms with van der Waals surface area (Å²) in [6, 6.07) is 6.36. The minimum Gasteiger partial charge on any atom is -0.355 e. The molecule has 6 heteroatoms. The lowest BCUT2D eigenvalue weighted by molar-refractivity contribution is -0.384. The van der Waals surface area contributed by atoms with Gasteiger partial charge in [-0.05, 0) is 80.2 Å². The number of hydrogen-bond donors (Lipinski definition) is 1. The molecule has 0 atom stereocenters.